The zero-order valence-corrected chi connectivity index (χ0v) is 14.9. The molecule has 0 radical (unpaired) electrons. The average Bonchev–Trinajstić information content (AvgIpc) is 2.95. The minimum atomic E-state index is -0.453. The molecule has 0 saturated carbocycles. The summed E-state index contributed by atoms with van der Waals surface area (Å²) in [4.78, 5) is 23.5. The van der Waals surface area contributed by atoms with Gasteiger partial charge in [-0.05, 0) is 48.4 Å². The SMILES string of the molecule is Cc1ccc2c3c(C(N)=O)cccc3n(Cc3cccc(C(N)=O)c3)c2c1. The van der Waals surface area contributed by atoms with Gasteiger partial charge >= 0.3 is 0 Å². The van der Waals surface area contributed by atoms with Gasteiger partial charge in [0, 0.05) is 34.0 Å². The molecule has 0 atom stereocenters. The topological polar surface area (TPSA) is 91.1 Å². The van der Waals surface area contributed by atoms with Gasteiger partial charge in [-0.3, -0.25) is 9.59 Å². The second-order valence-corrected chi connectivity index (χ2v) is 6.74. The summed E-state index contributed by atoms with van der Waals surface area (Å²) in [7, 11) is 0. The van der Waals surface area contributed by atoms with Crippen LogP contribution in [-0.2, 0) is 6.54 Å². The van der Waals surface area contributed by atoms with Crippen LogP contribution in [0.2, 0.25) is 0 Å². The molecule has 134 valence electrons. The maximum atomic E-state index is 12.0. The van der Waals surface area contributed by atoms with Crippen LogP contribution in [0, 0.1) is 6.92 Å². The van der Waals surface area contributed by atoms with Gasteiger partial charge in [0.15, 0.2) is 0 Å². The number of amides is 2. The maximum Gasteiger partial charge on any atom is 0.249 e. The maximum absolute atomic E-state index is 12.0. The third kappa shape index (κ3) is 2.83. The predicted molar refractivity (Wildman–Crippen MR) is 107 cm³/mol. The Bertz CT molecular complexity index is 1220. The third-order valence-electron chi connectivity index (χ3n) is 4.86. The van der Waals surface area contributed by atoms with E-state index in [-0.39, 0.29) is 0 Å². The van der Waals surface area contributed by atoms with Gasteiger partial charge in [-0.1, -0.05) is 30.3 Å². The summed E-state index contributed by atoms with van der Waals surface area (Å²) in [5, 5.41) is 1.84. The molecule has 4 N–H and O–H groups in total. The van der Waals surface area contributed by atoms with Crippen molar-refractivity contribution in [1.29, 1.82) is 0 Å². The largest absolute Gasteiger partial charge is 0.366 e. The fourth-order valence-electron chi connectivity index (χ4n) is 3.64. The smallest absolute Gasteiger partial charge is 0.249 e. The Labute approximate surface area is 156 Å². The molecule has 0 unspecified atom stereocenters. The lowest BCUT2D eigenvalue weighted by Gasteiger charge is -2.09. The average molecular weight is 357 g/mol. The third-order valence-corrected chi connectivity index (χ3v) is 4.86. The molecule has 0 fully saturated rings. The van der Waals surface area contributed by atoms with Crippen molar-refractivity contribution in [3.05, 3.63) is 82.9 Å². The van der Waals surface area contributed by atoms with Gasteiger partial charge in [0.1, 0.15) is 0 Å². The van der Waals surface area contributed by atoms with Crippen molar-refractivity contribution in [3.63, 3.8) is 0 Å². The molecule has 0 aliphatic carbocycles. The van der Waals surface area contributed by atoms with Crippen LogP contribution in [0.4, 0.5) is 0 Å². The van der Waals surface area contributed by atoms with Gasteiger partial charge in [-0.2, -0.15) is 0 Å². The molecule has 27 heavy (non-hydrogen) atoms. The number of benzene rings is 3. The van der Waals surface area contributed by atoms with Crippen LogP contribution in [0.15, 0.2) is 60.7 Å². The van der Waals surface area contributed by atoms with Crippen molar-refractivity contribution in [2.24, 2.45) is 11.5 Å². The van der Waals surface area contributed by atoms with E-state index >= 15 is 0 Å². The van der Waals surface area contributed by atoms with E-state index < -0.39 is 11.8 Å². The summed E-state index contributed by atoms with van der Waals surface area (Å²) in [5.41, 5.74) is 16.0. The molecule has 4 aromatic rings. The summed E-state index contributed by atoms with van der Waals surface area (Å²) in [6.07, 6.45) is 0. The molecular formula is C22H19N3O2. The van der Waals surface area contributed by atoms with E-state index in [1.807, 2.05) is 43.3 Å². The number of carbonyl (C=O) groups is 2. The number of aromatic nitrogens is 1. The molecule has 3 aromatic carbocycles. The number of carbonyl (C=O) groups excluding carboxylic acids is 2. The molecule has 0 spiro atoms. The number of aryl methyl sites for hydroxylation is 1. The first-order valence-corrected chi connectivity index (χ1v) is 8.66. The number of nitrogens with two attached hydrogens (primary N) is 2. The van der Waals surface area contributed by atoms with Crippen molar-refractivity contribution >= 4 is 33.6 Å². The number of nitrogens with zero attached hydrogens (tertiary/aromatic N) is 1. The Kier molecular flexibility index (Phi) is 3.92. The van der Waals surface area contributed by atoms with E-state index in [1.54, 1.807) is 18.2 Å². The summed E-state index contributed by atoms with van der Waals surface area (Å²) in [6, 6.07) is 19.0. The van der Waals surface area contributed by atoms with Crippen molar-refractivity contribution in [2.45, 2.75) is 13.5 Å². The van der Waals surface area contributed by atoms with Crippen LogP contribution < -0.4 is 11.5 Å². The first-order valence-electron chi connectivity index (χ1n) is 8.66. The van der Waals surface area contributed by atoms with Crippen molar-refractivity contribution in [3.8, 4) is 0 Å². The van der Waals surface area contributed by atoms with E-state index in [4.69, 9.17) is 11.5 Å². The Morgan fingerprint density at radius 1 is 0.889 bits per heavy atom. The van der Waals surface area contributed by atoms with E-state index in [1.165, 1.54) is 0 Å². The van der Waals surface area contributed by atoms with Crippen LogP contribution in [0.1, 0.15) is 31.8 Å². The zero-order chi connectivity index (χ0) is 19.1. The van der Waals surface area contributed by atoms with Gasteiger partial charge in [0.2, 0.25) is 11.8 Å². The lowest BCUT2D eigenvalue weighted by Crippen LogP contribution is -2.12. The van der Waals surface area contributed by atoms with Crippen molar-refractivity contribution in [2.75, 3.05) is 0 Å². The Morgan fingerprint density at radius 3 is 2.41 bits per heavy atom. The molecule has 4 rings (SSSR count). The number of hydrogen-bond acceptors (Lipinski definition) is 2. The highest BCUT2D eigenvalue weighted by Crippen LogP contribution is 2.33. The monoisotopic (exact) mass is 357 g/mol. The minimum absolute atomic E-state index is 0.448. The Morgan fingerprint density at radius 2 is 1.67 bits per heavy atom. The van der Waals surface area contributed by atoms with E-state index in [0.717, 1.165) is 32.9 Å². The van der Waals surface area contributed by atoms with E-state index in [9.17, 15) is 9.59 Å². The minimum Gasteiger partial charge on any atom is -0.366 e. The number of hydrogen-bond donors (Lipinski definition) is 2. The zero-order valence-electron chi connectivity index (χ0n) is 14.9. The van der Waals surface area contributed by atoms with E-state index in [0.29, 0.717) is 17.7 Å². The van der Waals surface area contributed by atoms with Gasteiger partial charge in [-0.25, -0.2) is 0 Å². The first kappa shape index (κ1) is 16.8. The molecule has 2 amide bonds. The van der Waals surface area contributed by atoms with E-state index in [2.05, 4.69) is 10.6 Å². The predicted octanol–water partition coefficient (Wildman–Crippen LogP) is 3.35. The summed E-state index contributed by atoms with van der Waals surface area (Å²) >= 11 is 0. The first-order chi connectivity index (χ1) is 13.0. The quantitative estimate of drug-likeness (QED) is 0.586. The van der Waals surface area contributed by atoms with Crippen LogP contribution in [0.25, 0.3) is 21.8 Å². The highest BCUT2D eigenvalue weighted by Gasteiger charge is 2.16. The second kappa shape index (κ2) is 6.29. The normalized spacial score (nSPS) is 11.1. The summed E-state index contributed by atoms with van der Waals surface area (Å²) in [6.45, 7) is 2.58. The molecule has 5 nitrogen and oxygen atoms in total. The lowest BCUT2D eigenvalue weighted by molar-refractivity contribution is 0.0992. The molecule has 0 aliphatic rings. The fourth-order valence-corrected chi connectivity index (χ4v) is 3.64. The number of primary amides is 2. The van der Waals surface area contributed by atoms with Gasteiger partial charge < -0.3 is 16.0 Å². The highest BCUT2D eigenvalue weighted by molar-refractivity contribution is 6.18. The van der Waals surface area contributed by atoms with Crippen LogP contribution in [-0.4, -0.2) is 16.4 Å². The summed E-state index contributed by atoms with van der Waals surface area (Å²) in [5.74, 6) is -0.901. The fraction of sp³-hybridized carbons (Fsp3) is 0.0909. The standard InChI is InChI=1S/C22H19N3O2/c1-13-8-9-16-19(10-13)25(12-14-4-2-5-15(11-14)21(23)26)18-7-3-6-17(20(16)18)22(24)27/h2-11H,12H2,1H3,(H2,23,26)(H2,24,27). The Hall–Kier alpha value is -3.60. The lowest BCUT2D eigenvalue weighted by atomic mass is 10.1. The van der Waals surface area contributed by atoms with Gasteiger partial charge in [0.05, 0.1) is 5.52 Å². The molecule has 1 heterocycles. The van der Waals surface area contributed by atoms with Gasteiger partial charge in [0.25, 0.3) is 0 Å². The molecular weight excluding hydrogens is 338 g/mol. The second-order valence-electron chi connectivity index (χ2n) is 6.74. The molecule has 0 aliphatic heterocycles. The summed E-state index contributed by atoms with van der Waals surface area (Å²) < 4.78 is 2.14. The molecule has 0 bridgehead atoms. The number of rotatable bonds is 4. The van der Waals surface area contributed by atoms with Crippen LogP contribution in [0.5, 0.6) is 0 Å². The molecule has 1 aromatic heterocycles. The molecule has 0 saturated heterocycles. The van der Waals surface area contributed by atoms with Crippen LogP contribution >= 0.6 is 0 Å². The van der Waals surface area contributed by atoms with Gasteiger partial charge in [-0.15, -0.1) is 0 Å². The van der Waals surface area contributed by atoms with Crippen molar-refractivity contribution in [1.82, 2.24) is 4.57 Å². The molecule has 5 heteroatoms. The van der Waals surface area contributed by atoms with Crippen LogP contribution in [0.3, 0.4) is 0 Å². The highest BCUT2D eigenvalue weighted by atomic mass is 16.1. The Balaban J connectivity index is 2.00. The number of fused-ring (bicyclic) bond motifs is 3. The van der Waals surface area contributed by atoms with Crippen molar-refractivity contribution < 1.29 is 9.59 Å².